The fourth-order valence-corrected chi connectivity index (χ4v) is 4.79. The second-order valence-corrected chi connectivity index (χ2v) is 8.02. The van der Waals surface area contributed by atoms with Gasteiger partial charge in [0, 0.05) is 50.8 Å². The van der Waals surface area contributed by atoms with E-state index in [-0.39, 0.29) is 0 Å². The van der Waals surface area contributed by atoms with Gasteiger partial charge in [-0.15, -0.1) is 0 Å². The summed E-state index contributed by atoms with van der Waals surface area (Å²) in [5, 5.41) is 3.47. The number of piperidine rings is 2. The highest BCUT2D eigenvalue weighted by Crippen LogP contribution is 2.30. The van der Waals surface area contributed by atoms with E-state index in [1.165, 1.54) is 58.5 Å². The van der Waals surface area contributed by atoms with Crippen LogP contribution in [0.25, 0.3) is 0 Å². The number of piperazine rings is 1. The van der Waals surface area contributed by atoms with Gasteiger partial charge >= 0.3 is 0 Å². The van der Waals surface area contributed by atoms with Crippen LogP contribution in [-0.4, -0.2) is 85.7 Å². The lowest BCUT2D eigenvalue weighted by atomic mass is 9.83. The number of fused-ring (bicyclic) bond motifs is 1. The molecule has 4 heteroatoms. The molecule has 0 aromatic heterocycles. The van der Waals surface area contributed by atoms with Crippen molar-refractivity contribution in [2.45, 2.75) is 44.7 Å². The Hall–Kier alpha value is -0.160. The second kappa shape index (κ2) is 6.53. The van der Waals surface area contributed by atoms with Crippen molar-refractivity contribution in [2.75, 3.05) is 59.4 Å². The van der Waals surface area contributed by atoms with E-state index < -0.39 is 0 Å². The molecule has 21 heavy (non-hydrogen) atoms. The molecule has 0 bridgehead atoms. The van der Waals surface area contributed by atoms with Gasteiger partial charge in [-0.2, -0.15) is 0 Å². The third-order valence-corrected chi connectivity index (χ3v) is 6.01. The summed E-state index contributed by atoms with van der Waals surface area (Å²) in [6.45, 7) is 14.8. The predicted octanol–water partition coefficient (Wildman–Crippen LogP) is 1.09. The van der Waals surface area contributed by atoms with Crippen molar-refractivity contribution in [3.8, 4) is 0 Å². The zero-order chi connectivity index (χ0) is 14.9. The van der Waals surface area contributed by atoms with Crippen LogP contribution in [0.1, 0.15) is 33.1 Å². The molecule has 0 aromatic carbocycles. The largest absolute Gasteiger partial charge is 0.314 e. The van der Waals surface area contributed by atoms with Gasteiger partial charge in [0.15, 0.2) is 0 Å². The molecule has 0 saturated carbocycles. The SMILES string of the molecule is CN1CCCC2CN(CC(C)(C)N3CCNCC3)CCC21. The lowest BCUT2D eigenvalue weighted by Crippen LogP contribution is -2.60. The van der Waals surface area contributed by atoms with Crippen molar-refractivity contribution in [3.05, 3.63) is 0 Å². The normalized spacial score (nSPS) is 33.9. The first-order valence-electron chi connectivity index (χ1n) is 8.95. The van der Waals surface area contributed by atoms with Crippen LogP contribution in [0, 0.1) is 5.92 Å². The Kier molecular flexibility index (Phi) is 4.89. The van der Waals surface area contributed by atoms with Crippen molar-refractivity contribution >= 4 is 0 Å². The predicted molar refractivity (Wildman–Crippen MR) is 88.7 cm³/mol. The monoisotopic (exact) mass is 294 g/mol. The van der Waals surface area contributed by atoms with Crippen LogP contribution in [0.3, 0.4) is 0 Å². The molecule has 3 fully saturated rings. The molecule has 3 saturated heterocycles. The van der Waals surface area contributed by atoms with E-state index >= 15 is 0 Å². The summed E-state index contributed by atoms with van der Waals surface area (Å²) >= 11 is 0. The first-order valence-corrected chi connectivity index (χ1v) is 8.95. The summed E-state index contributed by atoms with van der Waals surface area (Å²) < 4.78 is 0. The highest BCUT2D eigenvalue weighted by atomic mass is 15.3. The van der Waals surface area contributed by atoms with E-state index in [1.807, 2.05) is 0 Å². The molecule has 0 amide bonds. The minimum Gasteiger partial charge on any atom is -0.314 e. The summed E-state index contributed by atoms with van der Waals surface area (Å²) in [5.74, 6) is 0.913. The summed E-state index contributed by atoms with van der Waals surface area (Å²) in [6, 6.07) is 0.859. The van der Waals surface area contributed by atoms with Gasteiger partial charge in [0.25, 0.3) is 0 Å². The van der Waals surface area contributed by atoms with Crippen molar-refractivity contribution in [3.63, 3.8) is 0 Å². The zero-order valence-corrected chi connectivity index (χ0v) is 14.3. The molecular weight excluding hydrogens is 260 g/mol. The number of hydrogen-bond acceptors (Lipinski definition) is 4. The lowest BCUT2D eigenvalue weighted by Gasteiger charge is -2.49. The quantitative estimate of drug-likeness (QED) is 0.841. The number of nitrogens with zero attached hydrogens (tertiary/aromatic N) is 3. The number of rotatable bonds is 3. The van der Waals surface area contributed by atoms with Gasteiger partial charge in [0.05, 0.1) is 0 Å². The Morgan fingerprint density at radius 1 is 1.05 bits per heavy atom. The van der Waals surface area contributed by atoms with E-state index in [4.69, 9.17) is 0 Å². The van der Waals surface area contributed by atoms with Crippen molar-refractivity contribution in [1.82, 2.24) is 20.0 Å². The molecule has 0 aliphatic carbocycles. The summed E-state index contributed by atoms with van der Waals surface area (Å²) in [6.07, 6.45) is 4.21. The molecule has 3 rings (SSSR count). The number of hydrogen-bond donors (Lipinski definition) is 1. The molecule has 3 heterocycles. The van der Waals surface area contributed by atoms with E-state index in [1.54, 1.807) is 0 Å². The lowest BCUT2D eigenvalue weighted by molar-refractivity contribution is 0.00477. The topological polar surface area (TPSA) is 21.8 Å². The molecule has 122 valence electrons. The highest BCUT2D eigenvalue weighted by Gasteiger charge is 2.37. The minimum atomic E-state index is 0.315. The summed E-state index contributed by atoms with van der Waals surface area (Å²) in [5.41, 5.74) is 0.315. The minimum absolute atomic E-state index is 0.315. The number of nitrogens with one attached hydrogen (secondary N) is 1. The van der Waals surface area contributed by atoms with Crippen molar-refractivity contribution in [1.29, 1.82) is 0 Å². The third kappa shape index (κ3) is 3.61. The molecule has 0 spiro atoms. The van der Waals surface area contributed by atoms with Gasteiger partial charge in [-0.1, -0.05) is 0 Å². The van der Waals surface area contributed by atoms with Gasteiger partial charge in [-0.25, -0.2) is 0 Å². The zero-order valence-electron chi connectivity index (χ0n) is 14.3. The van der Waals surface area contributed by atoms with Gasteiger partial charge in [0.1, 0.15) is 0 Å². The standard InChI is InChI=1S/C17H34N4/c1-17(2,21-11-7-18-8-12-21)14-20-10-6-16-15(13-20)5-4-9-19(16)3/h15-16,18H,4-14H2,1-3H3. The third-order valence-electron chi connectivity index (χ3n) is 6.01. The maximum atomic E-state index is 3.47. The van der Waals surface area contributed by atoms with Crippen LogP contribution in [0.4, 0.5) is 0 Å². The first kappa shape index (κ1) is 15.7. The fraction of sp³-hybridized carbons (Fsp3) is 1.00. The average Bonchev–Trinajstić information content (AvgIpc) is 2.48. The second-order valence-electron chi connectivity index (χ2n) is 8.02. The molecule has 2 atom stereocenters. The van der Waals surface area contributed by atoms with E-state index in [0.29, 0.717) is 5.54 Å². The van der Waals surface area contributed by atoms with E-state index in [9.17, 15) is 0 Å². The summed E-state index contributed by atoms with van der Waals surface area (Å²) in [7, 11) is 2.33. The highest BCUT2D eigenvalue weighted by molar-refractivity contribution is 4.93. The van der Waals surface area contributed by atoms with Gasteiger partial charge in [0.2, 0.25) is 0 Å². The molecular formula is C17H34N4. The maximum absolute atomic E-state index is 3.47. The number of likely N-dealkylation sites (tertiary alicyclic amines) is 2. The molecule has 3 aliphatic heterocycles. The van der Waals surface area contributed by atoms with Crippen molar-refractivity contribution < 1.29 is 0 Å². The van der Waals surface area contributed by atoms with E-state index in [2.05, 4.69) is 40.9 Å². The van der Waals surface area contributed by atoms with Crippen LogP contribution >= 0.6 is 0 Å². The molecule has 0 radical (unpaired) electrons. The maximum Gasteiger partial charge on any atom is 0.0281 e. The van der Waals surface area contributed by atoms with Crippen LogP contribution in [0.2, 0.25) is 0 Å². The van der Waals surface area contributed by atoms with Gasteiger partial charge < -0.3 is 15.1 Å². The Balaban J connectivity index is 1.55. The smallest absolute Gasteiger partial charge is 0.0281 e. The van der Waals surface area contributed by atoms with Crippen LogP contribution < -0.4 is 5.32 Å². The van der Waals surface area contributed by atoms with Crippen LogP contribution in [0.5, 0.6) is 0 Å². The van der Waals surface area contributed by atoms with Crippen LogP contribution in [0.15, 0.2) is 0 Å². The molecule has 0 aromatic rings. The Morgan fingerprint density at radius 2 is 1.81 bits per heavy atom. The van der Waals surface area contributed by atoms with Crippen molar-refractivity contribution in [2.24, 2.45) is 5.92 Å². The summed E-state index contributed by atoms with van der Waals surface area (Å²) in [4.78, 5) is 8.05. The Bertz CT molecular complexity index is 338. The first-order chi connectivity index (χ1) is 10.1. The fourth-order valence-electron chi connectivity index (χ4n) is 4.79. The molecule has 1 N–H and O–H groups in total. The Labute approximate surface area is 130 Å². The molecule has 2 unspecified atom stereocenters. The average molecular weight is 294 g/mol. The molecule has 4 nitrogen and oxygen atoms in total. The molecule has 3 aliphatic rings. The Morgan fingerprint density at radius 3 is 2.57 bits per heavy atom. The van der Waals surface area contributed by atoms with Gasteiger partial charge in [-0.3, -0.25) is 4.90 Å². The van der Waals surface area contributed by atoms with E-state index in [0.717, 1.165) is 25.0 Å². The van der Waals surface area contributed by atoms with Crippen LogP contribution in [-0.2, 0) is 0 Å². The van der Waals surface area contributed by atoms with Gasteiger partial charge in [-0.05, 0) is 59.2 Å².